The van der Waals surface area contributed by atoms with E-state index in [1.54, 1.807) is 52.0 Å². The molecule has 0 saturated carbocycles. The number of hydrogen-bond acceptors (Lipinski definition) is 7. The maximum Gasteiger partial charge on any atom is 0.408 e. The zero-order valence-corrected chi connectivity index (χ0v) is 21.7. The summed E-state index contributed by atoms with van der Waals surface area (Å²) in [5.74, 6) is -1.08. The first kappa shape index (κ1) is 29.2. The zero-order chi connectivity index (χ0) is 27.3. The molecular weight excluding hydrogens is 478 g/mol. The highest BCUT2D eigenvalue weighted by molar-refractivity contribution is 5.90. The Morgan fingerprint density at radius 1 is 0.865 bits per heavy atom. The third kappa shape index (κ3) is 11.9. The molecule has 3 N–H and O–H groups in total. The lowest BCUT2D eigenvalue weighted by atomic mass is 10.1. The Kier molecular flexibility index (Phi) is 11.4. The molecule has 1 unspecified atom stereocenters. The van der Waals surface area contributed by atoms with Gasteiger partial charge in [0.2, 0.25) is 11.8 Å². The number of carbonyl (C=O) groups is 4. The molecule has 200 valence electrons. The van der Waals surface area contributed by atoms with E-state index >= 15 is 0 Å². The molecule has 0 aliphatic carbocycles. The van der Waals surface area contributed by atoms with Crippen LogP contribution in [-0.2, 0) is 36.9 Å². The van der Waals surface area contributed by atoms with Crippen molar-refractivity contribution in [3.63, 3.8) is 0 Å². The monoisotopic (exact) mass is 513 g/mol. The summed E-state index contributed by atoms with van der Waals surface area (Å²) >= 11 is 0. The molecular formula is C27H35N3O7. The maximum absolute atomic E-state index is 12.8. The van der Waals surface area contributed by atoms with Gasteiger partial charge in [-0.25, -0.2) is 4.79 Å². The van der Waals surface area contributed by atoms with Crippen LogP contribution in [0.25, 0.3) is 0 Å². The lowest BCUT2D eigenvalue weighted by Crippen LogP contribution is -2.51. The van der Waals surface area contributed by atoms with Crippen molar-refractivity contribution in [3.8, 4) is 5.75 Å². The molecule has 0 aliphatic heterocycles. The molecule has 0 aromatic heterocycles. The molecule has 0 fully saturated rings. The van der Waals surface area contributed by atoms with Crippen LogP contribution < -0.4 is 20.7 Å². The summed E-state index contributed by atoms with van der Waals surface area (Å²) in [6.07, 6.45) is -0.615. The Hall–Kier alpha value is -4.08. The highest BCUT2D eigenvalue weighted by Crippen LogP contribution is 2.16. The first-order chi connectivity index (χ1) is 17.6. The molecule has 0 spiro atoms. The molecule has 2 aromatic rings. The summed E-state index contributed by atoms with van der Waals surface area (Å²) in [6, 6.07) is 15.9. The van der Waals surface area contributed by atoms with E-state index < -0.39 is 35.5 Å². The second-order valence-corrected chi connectivity index (χ2v) is 9.12. The Morgan fingerprint density at radius 2 is 1.54 bits per heavy atom. The number of esters is 1. The third-order valence-corrected chi connectivity index (χ3v) is 4.78. The quantitative estimate of drug-likeness (QED) is 0.372. The van der Waals surface area contributed by atoms with Crippen molar-refractivity contribution in [3.05, 3.63) is 65.7 Å². The van der Waals surface area contributed by atoms with E-state index in [0.717, 1.165) is 11.1 Å². The van der Waals surface area contributed by atoms with Crippen LogP contribution in [0.15, 0.2) is 54.6 Å². The van der Waals surface area contributed by atoms with E-state index in [4.69, 9.17) is 14.2 Å². The number of alkyl carbamates (subject to hydrolysis) is 1. The van der Waals surface area contributed by atoms with Crippen LogP contribution in [0.1, 0.15) is 38.8 Å². The van der Waals surface area contributed by atoms with Gasteiger partial charge in [0.1, 0.15) is 30.5 Å². The van der Waals surface area contributed by atoms with Crippen molar-refractivity contribution in [2.45, 2.75) is 52.4 Å². The van der Waals surface area contributed by atoms with Gasteiger partial charge in [0, 0.05) is 6.42 Å². The van der Waals surface area contributed by atoms with E-state index in [-0.39, 0.29) is 26.1 Å². The van der Waals surface area contributed by atoms with Crippen LogP contribution in [0.3, 0.4) is 0 Å². The van der Waals surface area contributed by atoms with Crippen LogP contribution in [0.5, 0.6) is 5.75 Å². The van der Waals surface area contributed by atoms with Crippen LogP contribution in [0.4, 0.5) is 4.79 Å². The third-order valence-electron chi connectivity index (χ3n) is 4.78. The second-order valence-electron chi connectivity index (χ2n) is 9.12. The molecule has 10 heteroatoms. The van der Waals surface area contributed by atoms with E-state index in [1.807, 2.05) is 30.3 Å². The minimum atomic E-state index is -1.01. The summed E-state index contributed by atoms with van der Waals surface area (Å²) < 4.78 is 15.8. The molecule has 1 atom stereocenters. The summed E-state index contributed by atoms with van der Waals surface area (Å²) in [7, 11) is 0. The number of benzene rings is 2. The van der Waals surface area contributed by atoms with Gasteiger partial charge < -0.3 is 30.2 Å². The molecule has 0 bridgehead atoms. The minimum Gasteiger partial charge on any atom is -0.489 e. The molecule has 37 heavy (non-hydrogen) atoms. The van der Waals surface area contributed by atoms with Crippen molar-refractivity contribution in [1.82, 2.24) is 16.0 Å². The molecule has 0 aliphatic rings. The van der Waals surface area contributed by atoms with Gasteiger partial charge in [-0.3, -0.25) is 14.4 Å². The smallest absolute Gasteiger partial charge is 0.408 e. The lowest BCUT2D eigenvalue weighted by Gasteiger charge is -2.23. The fraction of sp³-hybridized carbons (Fsp3) is 0.407. The number of ether oxygens (including phenoxy) is 3. The number of amides is 3. The van der Waals surface area contributed by atoms with E-state index in [9.17, 15) is 19.2 Å². The number of hydrogen-bond donors (Lipinski definition) is 3. The Bertz CT molecular complexity index is 1030. The SMILES string of the molecule is CCOC(=O)CNC(=O)CNC(=O)C(Cc1ccc(OCc2ccccc2)cc1)NC(=O)OC(C)(C)C. The summed E-state index contributed by atoms with van der Waals surface area (Å²) in [5, 5.41) is 7.40. The Labute approximate surface area is 217 Å². The predicted molar refractivity (Wildman–Crippen MR) is 137 cm³/mol. The topological polar surface area (TPSA) is 132 Å². The summed E-state index contributed by atoms with van der Waals surface area (Å²) in [4.78, 5) is 48.6. The fourth-order valence-corrected chi connectivity index (χ4v) is 3.09. The van der Waals surface area contributed by atoms with Crippen LogP contribution in [0, 0.1) is 0 Å². The van der Waals surface area contributed by atoms with E-state index in [1.165, 1.54) is 0 Å². The van der Waals surface area contributed by atoms with Crippen LogP contribution >= 0.6 is 0 Å². The highest BCUT2D eigenvalue weighted by Gasteiger charge is 2.25. The first-order valence-corrected chi connectivity index (χ1v) is 12.0. The fourth-order valence-electron chi connectivity index (χ4n) is 3.09. The molecule has 0 heterocycles. The number of rotatable bonds is 12. The maximum atomic E-state index is 12.8. The summed E-state index contributed by atoms with van der Waals surface area (Å²) in [6.45, 7) is 6.73. The van der Waals surface area contributed by atoms with E-state index in [0.29, 0.717) is 12.4 Å². The van der Waals surface area contributed by atoms with E-state index in [2.05, 4.69) is 16.0 Å². The summed E-state index contributed by atoms with van der Waals surface area (Å²) in [5.41, 5.74) is 1.04. The highest BCUT2D eigenvalue weighted by atomic mass is 16.6. The standard InChI is InChI=1S/C27H35N3O7/c1-5-35-24(32)17-28-23(31)16-29-25(33)22(30-26(34)37-27(2,3)4)15-19-11-13-21(14-12-19)36-18-20-9-7-6-8-10-20/h6-14,22H,5,15-18H2,1-4H3,(H,28,31)(H,29,33)(H,30,34). The number of nitrogens with one attached hydrogen (secondary N) is 3. The average Bonchev–Trinajstić information content (AvgIpc) is 2.85. The Balaban J connectivity index is 1.98. The van der Waals surface area contributed by atoms with Gasteiger partial charge in [-0.2, -0.15) is 0 Å². The van der Waals surface area contributed by atoms with Gasteiger partial charge in [-0.05, 0) is 51.0 Å². The van der Waals surface area contributed by atoms with Gasteiger partial charge in [0.05, 0.1) is 13.2 Å². The van der Waals surface area contributed by atoms with Crippen LogP contribution in [-0.4, -0.2) is 55.2 Å². The molecule has 3 amide bonds. The van der Waals surface area contributed by atoms with Gasteiger partial charge >= 0.3 is 12.1 Å². The van der Waals surface area contributed by atoms with Crippen molar-refractivity contribution < 1.29 is 33.4 Å². The van der Waals surface area contributed by atoms with Gasteiger partial charge in [-0.15, -0.1) is 0 Å². The van der Waals surface area contributed by atoms with Crippen molar-refractivity contribution in [2.24, 2.45) is 0 Å². The van der Waals surface area contributed by atoms with Crippen molar-refractivity contribution in [1.29, 1.82) is 0 Å². The molecule has 0 saturated heterocycles. The predicted octanol–water partition coefficient (Wildman–Crippen LogP) is 2.50. The Morgan fingerprint density at radius 3 is 2.16 bits per heavy atom. The van der Waals surface area contributed by atoms with Gasteiger partial charge in [0.25, 0.3) is 0 Å². The first-order valence-electron chi connectivity index (χ1n) is 12.0. The van der Waals surface area contributed by atoms with Gasteiger partial charge in [0.15, 0.2) is 0 Å². The average molecular weight is 514 g/mol. The molecule has 2 rings (SSSR count). The molecule has 0 radical (unpaired) electrons. The van der Waals surface area contributed by atoms with Crippen LogP contribution in [0.2, 0.25) is 0 Å². The number of carbonyl (C=O) groups excluding carboxylic acids is 4. The van der Waals surface area contributed by atoms with Crippen molar-refractivity contribution in [2.75, 3.05) is 19.7 Å². The van der Waals surface area contributed by atoms with Crippen molar-refractivity contribution >= 4 is 23.9 Å². The lowest BCUT2D eigenvalue weighted by molar-refractivity contribution is -0.143. The zero-order valence-electron chi connectivity index (χ0n) is 21.7. The van der Waals surface area contributed by atoms with Gasteiger partial charge in [-0.1, -0.05) is 42.5 Å². The normalized spacial score (nSPS) is 11.6. The minimum absolute atomic E-state index is 0.147. The second kappa shape index (κ2) is 14.5. The molecule has 10 nitrogen and oxygen atoms in total. The molecule has 2 aromatic carbocycles. The largest absolute Gasteiger partial charge is 0.489 e.